The van der Waals surface area contributed by atoms with Crippen LogP contribution in [0.1, 0.15) is 35.4 Å². The lowest BCUT2D eigenvalue weighted by atomic mass is 10.2. The van der Waals surface area contributed by atoms with Gasteiger partial charge in [0.15, 0.2) is 5.82 Å². The molecule has 1 aliphatic rings. The van der Waals surface area contributed by atoms with Gasteiger partial charge in [0.25, 0.3) is 0 Å². The Morgan fingerprint density at radius 3 is 2.64 bits per heavy atom. The Morgan fingerprint density at radius 2 is 2.04 bits per heavy atom. The number of aromatic nitrogens is 3. The van der Waals surface area contributed by atoms with E-state index in [2.05, 4.69) is 20.0 Å². The first-order valence-electron chi connectivity index (χ1n) is 8.24. The molecular formula is C16H23N5O3S. The predicted octanol–water partition coefficient (Wildman–Crippen LogP) is 1.29. The maximum Gasteiger partial charge on any atom is 0.245 e. The van der Waals surface area contributed by atoms with E-state index >= 15 is 0 Å². The topological polar surface area (TPSA) is 92.4 Å². The summed E-state index contributed by atoms with van der Waals surface area (Å²) in [5.41, 5.74) is 2.10. The summed E-state index contributed by atoms with van der Waals surface area (Å²) in [6.07, 6.45) is 3.67. The fraction of sp³-hybridized carbons (Fsp3) is 0.562. The van der Waals surface area contributed by atoms with E-state index in [1.54, 1.807) is 6.92 Å². The second-order valence-electron chi connectivity index (χ2n) is 6.46. The quantitative estimate of drug-likeness (QED) is 0.806. The molecule has 0 radical (unpaired) electrons. The Hall–Kier alpha value is -1.84. The molecule has 0 saturated carbocycles. The van der Waals surface area contributed by atoms with Crippen LogP contribution >= 0.6 is 0 Å². The van der Waals surface area contributed by atoms with Crippen molar-refractivity contribution in [3.63, 3.8) is 0 Å². The molecule has 1 saturated heterocycles. The number of pyridine rings is 1. The molecule has 9 heteroatoms. The normalized spacial score (nSPS) is 20.5. The third-order valence-corrected chi connectivity index (χ3v) is 5.60. The second-order valence-corrected chi connectivity index (χ2v) is 8.40. The van der Waals surface area contributed by atoms with Crippen LogP contribution in [0.5, 0.6) is 0 Å². The summed E-state index contributed by atoms with van der Waals surface area (Å²) in [5.74, 6) is 0.867. The Balaban J connectivity index is 1.78. The lowest BCUT2D eigenvalue weighted by Gasteiger charge is -2.24. The van der Waals surface area contributed by atoms with Crippen molar-refractivity contribution in [3.8, 4) is 0 Å². The van der Waals surface area contributed by atoms with E-state index in [4.69, 9.17) is 4.52 Å². The van der Waals surface area contributed by atoms with E-state index in [0.29, 0.717) is 37.8 Å². The molecule has 0 bridgehead atoms. The van der Waals surface area contributed by atoms with Gasteiger partial charge < -0.3 is 4.52 Å². The van der Waals surface area contributed by atoms with Crippen LogP contribution < -0.4 is 0 Å². The van der Waals surface area contributed by atoms with Crippen molar-refractivity contribution in [1.82, 2.24) is 24.3 Å². The van der Waals surface area contributed by atoms with Gasteiger partial charge in [0, 0.05) is 32.4 Å². The van der Waals surface area contributed by atoms with Gasteiger partial charge in [0.05, 0.1) is 11.9 Å². The first-order valence-corrected chi connectivity index (χ1v) is 10.1. The molecule has 1 fully saturated rings. The molecule has 0 aliphatic carbocycles. The van der Waals surface area contributed by atoms with Crippen molar-refractivity contribution in [2.24, 2.45) is 0 Å². The van der Waals surface area contributed by atoms with Crippen LogP contribution in [0, 0.1) is 13.8 Å². The summed E-state index contributed by atoms with van der Waals surface area (Å²) in [6, 6.07) is 3.62. The molecule has 136 valence electrons. The highest BCUT2D eigenvalue weighted by molar-refractivity contribution is 7.88. The number of nitrogens with zero attached hydrogens (tertiary/aromatic N) is 5. The molecule has 0 spiro atoms. The number of sulfonamides is 1. The largest absolute Gasteiger partial charge is 0.338 e. The van der Waals surface area contributed by atoms with Gasteiger partial charge in [-0.25, -0.2) is 8.42 Å². The van der Waals surface area contributed by atoms with Gasteiger partial charge in [-0.2, -0.15) is 9.29 Å². The SMILES string of the molecule is Cc1ccc(CN2CC[C@@H](c3nc(C)no3)N(S(C)(=O)=O)CC2)nc1. The Bertz CT molecular complexity index is 819. The fourth-order valence-electron chi connectivity index (χ4n) is 3.03. The number of hydrogen-bond acceptors (Lipinski definition) is 7. The van der Waals surface area contributed by atoms with E-state index in [0.717, 1.165) is 17.8 Å². The van der Waals surface area contributed by atoms with Gasteiger partial charge in [0.2, 0.25) is 15.9 Å². The van der Waals surface area contributed by atoms with Crippen molar-refractivity contribution in [3.05, 3.63) is 41.3 Å². The van der Waals surface area contributed by atoms with Gasteiger partial charge in [-0.15, -0.1) is 0 Å². The zero-order chi connectivity index (χ0) is 18.0. The van der Waals surface area contributed by atoms with Crippen LogP contribution in [0.2, 0.25) is 0 Å². The number of rotatable bonds is 4. The standard InChI is InChI=1S/C16H23N5O3S/c1-12-4-5-14(17-10-12)11-20-7-6-15(16-18-13(2)19-24-16)21(9-8-20)25(3,22)23/h4-5,10,15H,6-9,11H2,1-3H3/t15-/m0/s1. The van der Waals surface area contributed by atoms with Crippen molar-refractivity contribution in [2.75, 3.05) is 25.9 Å². The highest BCUT2D eigenvalue weighted by Gasteiger charge is 2.34. The number of hydrogen-bond donors (Lipinski definition) is 0. The Kier molecular flexibility index (Phi) is 5.16. The molecule has 3 heterocycles. The molecule has 8 nitrogen and oxygen atoms in total. The summed E-state index contributed by atoms with van der Waals surface area (Å²) in [4.78, 5) is 10.9. The zero-order valence-electron chi connectivity index (χ0n) is 14.7. The highest BCUT2D eigenvalue weighted by Crippen LogP contribution is 2.28. The van der Waals surface area contributed by atoms with Crippen molar-refractivity contribution in [2.45, 2.75) is 32.9 Å². The van der Waals surface area contributed by atoms with Gasteiger partial charge in [0.1, 0.15) is 6.04 Å². The van der Waals surface area contributed by atoms with Crippen LogP contribution in [0.4, 0.5) is 0 Å². The van der Waals surface area contributed by atoms with Gasteiger partial charge >= 0.3 is 0 Å². The third kappa shape index (κ3) is 4.42. The maximum atomic E-state index is 12.2. The molecule has 2 aromatic heterocycles. The fourth-order valence-corrected chi connectivity index (χ4v) is 4.10. The van der Waals surface area contributed by atoms with E-state index in [1.165, 1.54) is 10.6 Å². The van der Waals surface area contributed by atoms with Gasteiger partial charge in [-0.05, 0) is 31.9 Å². The second kappa shape index (κ2) is 7.19. The molecule has 1 atom stereocenters. The minimum atomic E-state index is -3.38. The van der Waals surface area contributed by atoms with E-state index in [9.17, 15) is 8.42 Å². The molecule has 3 rings (SSSR count). The minimum Gasteiger partial charge on any atom is -0.338 e. The average molecular weight is 365 g/mol. The molecule has 0 unspecified atom stereocenters. The first-order chi connectivity index (χ1) is 11.8. The summed E-state index contributed by atoms with van der Waals surface area (Å²) in [7, 11) is -3.38. The molecule has 1 aliphatic heterocycles. The van der Waals surface area contributed by atoms with Crippen molar-refractivity contribution in [1.29, 1.82) is 0 Å². The third-order valence-electron chi connectivity index (χ3n) is 4.32. The molecule has 0 amide bonds. The van der Waals surface area contributed by atoms with Crippen LogP contribution in [0.25, 0.3) is 0 Å². The summed E-state index contributed by atoms with van der Waals surface area (Å²) < 4.78 is 31.2. The minimum absolute atomic E-state index is 0.359. The predicted molar refractivity (Wildman–Crippen MR) is 92.2 cm³/mol. The summed E-state index contributed by atoms with van der Waals surface area (Å²) in [5, 5.41) is 3.80. The molecule has 0 aromatic carbocycles. The van der Waals surface area contributed by atoms with Gasteiger partial charge in [-0.1, -0.05) is 11.2 Å². The molecule has 2 aromatic rings. The monoisotopic (exact) mass is 365 g/mol. The highest BCUT2D eigenvalue weighted by atomic mass is 32.2. The lowest BCUT2D eigenvalue weighted by Crippen LogP contribution is -2.36. The van der Waals surface area contributed by atoms with Crippen LogP contribution in [0.3, 0.4) is 0 Å². The first kappa shape index (κ1) is 18.0. The van der Waals surface area contributed by atoms with Crippen LogP contribution in [-0.4, -0.2) is 58.6 Å². The maximum absolute atomic E-state index is 12.2. The van der Waals surface area contributed by atoms with Crippen LogP contribution in [0.15, 0.2) is 22.9 Å². The van der Waals surface area contributed by atoms with Crippen LogP contribution in [-0.2, 0) is 16.6 Å². The number of aryl methyl sites for hydroxylation is 2. The molecule has 25 heavy (non-hydrogen) atoms. The van der Waals surface area contributed by atoms with E-state index in [1.807, 2.05) is 25.3 Å². The molecular weight excluding hydrogens is 342 g/mol. The van der Waals surface area contributed by atoms with E-state index in [-0.39, 0.29) is 0 Å². The Labute approximate surface area is 147 Å². The Morgan fingerprint density at radius 1 is 1.24 bits per heavy atom. The smallest absolute Gasteiger partial charge is 0.245 e. The zero-order valence-corrected chi connectivity index (χ0v) is 15.5. The van der Waals surface area contributed by atoms with Crippen molar-refractivity contribution < 1.29 is 12.9 Å². The van der Waals surface area contributed by atoms with Gasteiger partial charge in [-0.3, -0.25) is 9.88 Å². The summed E-state index contributed by atoms with van der Waals surface area (Å²) >= 11 is 0. The molecule has 0 N–H and O–H groups in total. The summed E-state index contributed by atoms with van der Waals surface area (Å²) in [6.45, 7) is 6.16. The van der Waals surface area contributed by atoms with Crippen molar-refractivity contribution >= 4 is 10.0 Å². The van der Waals surface area contributed by atoms with E-state index < -0.39 is 16.1 Å². The average Bonchev–Trinajstić information content (AvgIpc) is 2.85. The lowest BCUT2D eigenvalue weighted by molar-refractivity contribution is 0.257.